The van der Waals surface area contributed by atoms with E-state index in [1.165, 1.54) is 6.92 Å². The number of benzene rings is 1. The maximum Gasteiger partial charge on any atom is 0.251 e. The van der Waals surface area contributed by atoms with Crippen molar-refractivity contribution >= 4 is 11.8 Å². The van der Waals surface area contributed by atoms with E-state index in [1.807, 2.05) is 6.92 Å². The van der Waals surface area contributed by atoms with Gasteiger partial charge >= 0.3 is 0 Å². The van der Waals surface area contributed by atoms with Crippen LogP contribution in [0.1, 0.15) is 29.3 Å². The maximum atomic E-state index is 12.4. The number of nitrogens with zero attached hydrogens (tertiary/aromatic N) is 1. The number of methoxy groups -OCH3 is 1. The molecular formula is C16H22N2O4. The molecule has 2 rings (SSSR count). The third-order valence-corrected chi connectivity index (χ3v) is 4.09. The molecule has 1 saturated heterocycles. The second-order valence-corrected chi connectivity index (χ2v) is 5.53. The molecule has 2 amide bonds. The van der Waals surface area contributed by atoms with Crippen molar-refractivity contribution in [2.24, 2.45) is 0 Å². The molecule has 22 heavy (non-hydrogen) atoms. The van der Waals surface area contributed by atoms with E-state index >= 15 is 0 Å². The van der Waals surface area contributed by atoms with E-state index in [0.29, 0.717) is 24.3 Å². The quantitative estimate of drug-likeness (QED) is 0.862. The molecule has 2 N–H and O–H groups in total. The van der Waals surface area contributed by atoms with Gasteiger partial charge in [0.25, 0.3) is 5.91 Å². The highest BCUT2D eigenvalue weighted by Crippen LogP contribution is 2.21. The lowest BCUT2D eigenvalue weighted by Gasteiger charge is -2.35. The number of piperidine rings is 1. The van der Waals surface area contributed by atoms with Gasteiger partial charge in [0.15, 0.2) is 0 Å². The van der Waals surface area contributed by atoms with Crippen LogP contribution in [0, 0.1) is 6.92 Å². The van der Waals surface area contributed by atoms with Gasteiger partial charge < -0.3 is 20.1 Å². The Morgan fingerprint density at radius 3 is 2.73 bits per heavy atom. The van der Waals surface area contributed by atoms with Crippen molar-refractivity contribution in [3.05, 3.63) is 29.3 Å². The lowest BCUT2D eigenvalue weighted by Crippen LogP contribution is -2.55. The zero-order chi connectivity index (χ0) is 16.3. The number of ether oxygens (including phenoxy) is 1. The SMILES string of the molecule is COc1cccc(C(=O)N[C@@H]2CCN(C(C)=O)C[C@H]2O)c1C. The van der Waals surface area contributed by atoms with Crippen LogP contribution in [-0.4, -0.2) is 54.2 Å². The summed E-state index contributed by atoms with van der Waals surface area (Å²) in [6.07, 6.45) is -0.220. The zero-order valence-electron chi connectivity index (χ0n) is 13.1. The fourth-order valence-corrected chi connectivity index (χ4v) is 2.71. The Balaban J connectivity index is 2.05. The minimum atomic E-state index is -0.757. The van der Waals surface area contributed by atoms with Gasteiger partial charge in [0.1, 0.15) is 5.75 Å². The van der Waals surface area contributed by atoms with Gasteiger partial charge in [-0.15, -0.1) is 0 Å². The van der Waals surface area contributed by atoms with E-state index in [1.54, 1.807) is 30.2 Å². The molecule has 0 aromatic heterocycles. The normalized spacial score (nSPS) is 21.4. The van der Waals surface area contributed by atoms with Crippen molar-refractivity contribution in [3.8, 4) is 5.75 Å². The molecule has 1 aliphatic heterocycles. The molecule has 0 spiro atoms. The van der Waals surface area contributed by atoms with Crippen LogP contribution in [0.5, 0.6) is 5.75 Å². The molecule has 6 heteroatoms. The topological polar surface area (TPSA) is 78.9 Å². The standard InChI is InChI=1S/C16H22N2O4/c1-10-12(5-4-6-15(10)22-3)16(21)17-13-7-8-18(11(2)19)9-14(13)20/h4-6,13-14,20H,7-9H2,1-3H3,(H,17,21)/t13-,14-/m1/s1. The molecule has 1 aromatic carbocycles. The number of carbonyl (C=O) groups is 2. The fourth-order valence-electron chi connectivity index (χ4n) is 2.71. The van der Waals surface area contributed by atoms with Gasteiger partial charge in [-0.05, 0) is 25.5 Å². The van der Waals surface area contributed by atoms with E-state index in [9.17, 15) is 14.7 Å². The van der Waals surface area contributed by atoms with Gasteiger partial charge in [-0.2, -0.15) is 0 Å². The first-order valence-electron chi connectivity index (χ1n) is 7.32. The van der Waals surface area contributed by atoms with E-state index in [4.69, 9.17) is 4.74 Å². The summed E-state index contributed by atoms with van der Waals surface area (Å²) in [5.74, 6) is 0.351. The van der Waals surface area contributed by atoms with Crippen LogP contribution >= 0.6 is 0 Å². The third-order valence-electron chi connectivity index (χ3n) is 4.09. The van der Waals surface area contributed by atoms with Crippen molar-refractivity contribution in [2.45, 2.75) is 32.4 Å². The molecule has 1 fully saturated rings. The molecule has 1 aromatic rings. The Bertz CT molecular complexity index is 573. The highest BCUT2D eigenvalue weighted by molar-refractivity contribution is 5.96. The van der Waals surface area contributed by atoms with Crippen LogP contribution in [0.4, 0.5) is 0 Å². The summed E-state index contributed by atoms with van der Waals surface area (Å²) in [6, 6.07) is 4.93. The van der Waals surface area contributed by atoms with Gasteiger partial charge in [-0.25, -0.2) is 0 Å². The van der Waals surface area contributed by atoms with Gasteiger partial charge in [-0.1, -0.05) is 6.07 Å². The van der Waals surface area contributed by atoms with Crippen LogP contribution < -0.4 is 10.1 Å². The van der Waals surface area contributed by atoms with Crippen LogP contribution in [0.15, 0.2) is 18.2 Å². The number of hydrogen-bond donors (Lipinski definition) is 2. The number of rotatable bonds is 3. The van der Waals surface area contributed by atoms with Gasteiger partial charge in [0, 0.05) is 31.1 Å². The van der Waals surface area contributed by atoms with Crippen molar-refractivity contribution in [3.63, 3.8) is 0 Å². The van der Waals surface area contributed by atoms with Crippen LogP contribution in [0.2, 0.25) is 0 Å². The highest BCUT2D eigenvalue weighted by Gasteiger charge is 2.30. The van der Waals surface area contributed by atoms with E-state index < -0.39 is 6.10 Å². The monoisotopic (exact) mass is 306 g/mol. The first kappa shape index (κ1) is 16.3. The summed E-state index contributed by atoms with van der Waals surface area (Å²) in [5, 5.41) is 13.0. The molecule has 6 nitrogen and oxygen atoms in total. The van der Waals surface area contributed by atoms with E-state index in [2.05, 4.69) is 5.32 Å². The second-order valence-electron chi connectivity index (χ2n) is 5.53. The minimum Gasteiger partial charge on any atom is -0.496 e. The summed E-state index contributed by atoms with van der Waals surface area (Å²) >= 11 is 0. The minimum absolute atomic E-state index is 0.0625. The molecule has 2 atom stereocenters. The van der Waals surface area contributed by atoms with Crippen LogP contribution in [-0.2, 0) is 4.79 Å². The Labute approximate surface area is 130 Å². The van der Waals surface area contributed by atoms with Crippen molar-refractivity contribution in [2.75, 3.05) is 20.2 Å². The summed E-state index contributed by atoms with van der Waals surface area (Å²) in [6.45, 7) is 4.08. The Kier molecular flexibility index (Phi) is 5.03. The summed E-state index contributed by atoms with van der Waals surface area (Å²) in [7, 11) is 1.56. The second kappa shape index (κ2) is 6.79. The summed E-state index contributed by atoms with van der Waals surface area (Å²) in [5.41, 5.74) is 1.29. The number of carbonyl (C=O) groups excluding carboxylic acids is 2. The highest BCUT2D eigenvalue weighted by atomic mass is 16.5. The first-order valence-corrected chi connectivity index (χ1v) is 7.32. The van der Waals surface area contributed by atoms with Crippen molar-refractivity contribution in [1.29, 1.82) is 0 Å². The molecule has 0 radical (unpaired) electrons. The van der Waals surface area contributed by atoms with Gasteiger partial charge in [-0.3, -0.25) is 9.59 Å². The Morgan fingerprint density at radius 2 is 2.14 bits per heavy atom. The number of hydrogen-bond acceptors (Lipinski definition) is 4. The molecular weight excluding hydrogens is 284 g/mol. The Morgan fingerprint density at radius 1 is 1.41 bits per heavy atom. The maximum absolute atomic E-state index is 12.4. The number of aliphatic hydroxyl groups is 1. The van der Waals surface area contributed by atoms with E-state index in [-0.39, 0.29) is 24.4 Å². The summed E-state index contributed by atoms with van der Waals surface area (Å²) < 4.78 is 5.21. The predicted molar refractivity (Wildman–Crippen MR) is 81.9 cm³/mol. The van der Waals surface area contributed by atoms with E-state index in [0.717, 1.165) is 5.56 Å². The fraction of sp³-hybridized carbons (Fsp3) is 0.500. The van der Waals surface area contributed by atoms with Gasteiger partial charge in [0.2, 0.25) is 5.91 Å². The third kappa shape index (κ3) is 3.39. The molecule has 0 aliphatic carbocycles. The lowest BCUT2D eigenvalue weighted by atomic mass is 10.0. The van der Waals surface area contributed by atoms with Crippen LogP contribution in [0.3, 0.4) is 0 Å². The van der Waals surface area contributed by atoms with Crippen LogP contribution in [0.25, 0.3) is 0 Å². The molecule has 1 heterocycles. The molecule has 0 saturated carbocycles. The molecule has 1 aliphatic rings. The number of aliphatic hydroxyl groups excluding tert-OH is 1. The number of β-amino-alcohol motifs (C(OH)–C–C–N with tert-alkyl or cyclic N) is 1. The first-order chi connectivity index (χ1) is 10.4. The molecule has 120 valence electrons. The largest absolute Gasteiger partial charge is 0.496 e. The average Bonchev–Trinajstić information content (AvgIpc) is 2.49. The Hall–Kier alpha value is -2.08. The lowest BCUT2D eigenvalue weighted by molar-refractivity contribution is -0.132. The number of nitrogens with one attached hydrogen (secondary N) is 1. The zero-order valence-corrected chi connectivity index (χ0v) is 13.1. The average molecular weight is 306 g/mol. The van der Waals surface area contributed by atoms with Crippen molar-refractivity contribution in [1.82, 2.24) is 10.2 Å². The smallest absolute Gasteiger partial charge is 0.251 e. The molecule has 0 bridgehead atoms. The number of likely N-dealkylation sites (tertiary alicyclic amines) is 1. The molecule has 0 unspecified atom stereocenters. The van der Waals surface area contributed by atoms with Gasteiger partial charge in [0.05, 0.1) is 19.3 Å². The predicted octanol–water partition coefficient (Wildman–Crippen LogP) is 0.715. The van der Waals surface area contributed by atoms with Crippen molar-refractivity contribution < 1.29 is 19.4 Å². The number of amides is 2. The summed E-state index contributed by atoms with van der Waals surface area (Å²) in [4.78, 5) is 25.3.